The van der Waals surface area contributed by atoms with E-state index in [0.717, 1.165) is 17.2 Å². The predicted molar refractivity (Wildman–Crippen MR) is 227 cm³/mol. The number of hydrogen-bond donors (Lipinski definition) is 3. The van der Waals surface area contributed by atoms with Gasteiger partial charge in [-0.15, -0.1) is 0 Å². The first-order valence-corrected chi connectivity index (χ1v) is 24.6. The van der Waals surface area contributed by atoms with Crippen LogP contribution >= 0.6 is 0 Å². The number of ketones is 2. The molecular formula is C44H53FN4O9SSi. The summed E-state index contributed by atoms with van der Waals surface area (Å²) >= 11 is 0. The zero-order valence-corrected chi connectivity index (χ0v) is 37.0. The quantitative estimate of drug-likeness (QED) is 0.0861. The summed E-state index contributed by atoms with van der Waals surface area (Å²) in [5.41, 5.74) is -1.14. The van der Waals surface area contributed by atoms with Gasteiger partial charge < -0.3 is 28.8 Å². The van der Waals surface area contributed by atoms with Gasteiger partial charge in [-0.3, -0.25) is 19.2 Å². The third-order valence-corrected chi connectivity index (χ3v) is 18.1. The molecule has 16 heteroatoms. The summed E-state index contributed by atoms with van der Waals surface area (Å²) in [6, 6.07) is 18.7. The number of anilines is 1. The third-order valence-electron chi connectivity index (χ3n) is 12.3. The Kier molecular flexibility index (Phi) is 11.7. The normalized spacial score (nSPS) is 21.6. The van der Waals surface area contributed by atoms with Gasteiger partial charge in [-0.25, -0.2) is 12.8 Å². The van der Waals surface area contributed by atoms with Gasteiger partial charge in [-0.2, -0.15) is 0 Å². The van der Waals surface area contributed by atoms with Crippen molar-refractivity contribution in [2.24, 2.45) is 11.8 Å². The number of nitrogens with zero attached hydrogens (tertiary/aromatic N) is 2. The van der Waals surface area contributed by atoms with E-state index < -0.39 is 70.0 Å². The van der Waals surface area contributed by atoms with Crippen LogP contribution in [0.25, 0.3) is 5.76 Å². The maximum Gasteiger partial charge on any atom is 0.265 e. The molecule has 320 valence electrons. The minimum absolute atomic E-state index is 0.0149. The molecule has 3 N–H and O–H groups in total. The highest BCUT2D eigenvalue weighted by atomic mass is 32.2. The Hall–Kier alpha value is -4.87. The van der Waals surface area contributed by atoms with Gasteiger partial charge >= 0.3 is 0 Å². The van der Waals surface area contributed by atoms with Crippen molar-refractivity contribution < 1.29 is 45.9 Å². The van der Waals surface area contributed by atoms with Crippen LogP contribution in [-0.4, -0.2) is 82.5 Å². The predicted octanol–water partition coefficient (Wildman–Crippen LogP) is 7.22. The van der Waals surface area contributed by atoms with Crippen molar-refractivity contribution in [2.45, 2.75) is 76.6 Å². The monoisotopic (exact) mass is 860 g/mol. The standard InChI is InChI=1S/C44H53FN4O9SSi/c1-43(2,3)60(7,8)58-44-30(36(49(5)6)39-35(41(44)52)42(47-57-39)56-25-27-17-13-10-14-18-27)22-28-21-29-31(45)23-32(48-59(53,54)20-19-46-4)38(34(29)37(50)33(28)40(44)51)55-24-26-15-11-9-12-16-26/h9-18,23,28,30,36,46,48,50H,19-22,24-25H2,1-8H3/t28-,30-,36-,44-/m0/s1. The van der Waals surface area contributed by atoms with Gasteiger partial charge in [-0.05, 0) is 74.3 Å². The summed E-state index contributed by atoms with van der Waals surface area (Å²) in [5, 5.41) is 19.1. The fraction of sp³-hybridized carbons (Fsp3) is 0.432. The van der Waals surface area contributed by atoms with E-state index in [9.17, 15) is 13.5 Å². The number of Topliss-reactive ketones (excluding diaryl/α,β-unsaturated/α-hetero) is 2. The highest BCUT2D eigenvalue weighted by Crippen LogP contribution is 2.59. The van der Waals surface area contributed by atoms with Crippen molar-refractivity contribution in [3.63, 3.8) is 0 Å². The largest absolute Gasteiger partial charge is 0.507 e. The van der Waals surface area contributed by atoms with Crippen molar-refractivity contribution in [3.05, 3.63) is 112 Å². The molecule has 3 aliphatic carbocycles. The zero-order valence-electron chi connectivity index (χ0n) is 35.2. The molecule has 1 saturated carbocycles. The summed E-state index contributed by atoms with van der Waals surface area (Å²) in [5.74, 6) is -4.82. The van der Waals surface area contributed by atoms with Gasteiger partial charge in [0.1, 0.15) is 30.4 Å². The number of carbonyl (C=O) groups is 2. The first kappa shape index (κ1) is 43.2. The van der Waals surface area contributed by atoms with Gasteiger partial charge in [0.15, 0.2) is 25.4 Å². The van der Waals surface area contributed by atoms with E-state index in [4.69, 9.17) is 18.4 Å². The Morgan fingerprint density at radius 3 is 2.18 bits per heavy atom. The number of ether oxygens (including phenoxy) is 2. The van der Waals surface area contributed by atoms with E-state index in [1.165, 1.54) is 0 Å². The molecule has 0 saturated heterocycles. The molecule has 1 heterocycles. The molecule has 1 fully saturated rings. The van der Waals surface area contributed by atoms with Gasteiger partial charge in [-0.1, -0.05) is 81.4 Å². The number of aliphatic hydroxyl groups is 1. The van der Waals surface area contributed by atoms with E-state index in [2.05, 4.69) is 15.2 Å². The number of hydrogen-bond acceptors (Lipinski definition) is 12. The van der Waals surface area contributed by atoms with E-state index in [-0.39, 0.29) is 83.7 Å². The van der Waals surface area contributed by atoms with Crippen molar-refractivity contribution in [1.82, 2.24) is 15.4 Å². The van der Waals surface area contributed by atoms with E-state index in [0.29, 0.717) is 0 Å². The second-order valence-electron chi connectivity index (χ2n) is 17.6. The van der Waals surface area contributed by atoms with Crippen LogP contribution in [0.2, 0.25) is 18.1 Å². The Labute approximate surface area is 351 Å². The Morgan fingerprint density at radius 1 is 0.983 bits per heavy atom. The molecule has 60 heavy (non-hydrogen) atoms. The summed E-state index contributed by atoms with van der Waals surface area (Å²) in [4.78, 5) is 33.3. The second-order valence-corrected chi connectivity index (χ2v) is 24.1. The van der Waals surface area contributed by atoms with E-state index in [1.54, 1.807) is 19.2 Å². The number of aromatic nitrogens is 1. The van der Waals surface area contributed by atoms with Gasteiger partial charge in [0.25, 0.3) is 5.88 Å². The molecule has 4 aromatic rings. The molecule has 0 amide bonds. The lowest BCUT2D eigenvalue weighted by atomic mass is 9.57. The van der Waals surface area contributed by atoms with Crippen LogP contribution in [0.1, 0.15) is 71.6 Å². The fourth-order valence-electron chi connectivity index (χ4n) is 8.37. The third kappa shape index (κ3) is 7.68. The first-order chi connectivity index (χ1) is 28.3. The van der Waals surface area contributed by atoms with Crippen LogP contribution in [0.5, 0.6) is 11.6 Å². The molecular weight excluding hydrogens is 808 g/mol. The molecule has 3 aromatic carbocycles. The average molecular weight is 861 g/mol. The Balaban J connectivity index is 1.43. The Bertz CT molecular complexity index is 2430. The molecule has 3 aliphatic rings. The maximum absolute atomic E-state index is 16.5. The summed E-state index contributed by atoms with van der Waals surface area (Å²) in [6.45, 7) is 10.0. The number of carbonyl (C=O) groups excluding carboxylic acids is 2. The van der Waals surface area contributed by atoms with Crippen LogP contribution in [0.15, 0.2) is 76.8 Å². The van der Waals surface area contributed by atoms with Gasteiger partial charge in [0.2, 0.25) is 21.6 Å². The van der Waals surface area contributed by atoms with E-state index in [1.807, 2.05) is 101 Å². The number of nitrogens with one attached hydrogen (secondary N) is 2. The number of halogens is 1. The van der Waals surface area contributed by atoms with Crippen LogP contribution in [-0.2, 0) is 38.9 Å². The minimum Gasteiger partial charge on any atom is -0.507 e. The summed E-state index contributed by atoms with van der Waals surface area (Å²) < 4.78 is 71.1. The summed E-state index contributed by atoms with van der Waals surface area (Å²) in [7, 11) is -1.85. The Morgan fingerprint density at radius 2 is 1.60 bits per heavy atom. The van der Waals surface area contributed by atoms with Crippen LogP contribution in [0.3, 0.4) is 0 Å². The molecule has 0 aliphatic heterocycles. The zero-order chi connectivity index (χ0) is 43.4. The number of rotatable bonds is 14. The lowest BCUT2D eigenvalue weighted by Gasteiger charge is -2.55. The van der Waals surface area contributed by atoms with E-state index >= 15 is 14.0 Å². The average Bonchev–Trinajstić information content (AvgIpc) is 3.61. The molecule has 0 bridgehead atoms. The lowest BCUT2D eigenvalue weighted by Crippen LogP contribution is -2.68. The van der Waals surface area contributed by atoms with Crippen LogP contribution in [0.4, 0.5) is 10.1 Å². The summed E-state index contributed by atoms with van der Waals surface area (Å²) in [6.07, 6.45) is 0.0582. The number of aliphatic hydroxyl groups excluding tert-OH is 1. The molecule has 7 rings (SSSR count). The van der Waals surface area contributed by atoms with Crippen molar-refractivity contribution in [3.8, 4) is 11.6 Å². The minimum atomic E-state index is -4.04. The first-order valence-electron chi connectivity index (χ1n) is 20.0. The van der Waals surface area contributed by atoms with Crippen molar-refractivity contribution in [1.29, 1.82) is 0 Å². The highest BCUT2D eigenvalue weighted by molar-refractivity contribution is 7.92. The fourth-order valence-corrected chi connectivity index (χ4v) is 10.9. The van der Waals surface area contributed by atoms with Gasteiger partial charge in [0, 0.05) is 29.7 Å². The van der Waals surface area contributed by atoms with Crippen molar-refractivity contribution >= 4 is 41.4 Å². The topological polar surface area (TPSA) is 170 Å². The van der Waals surface area contributed by atoms with Crippen LogP contribution < -0.4 is 19.5 Å². The second kappa shape index (κ2) is 16.2. The molecule has 0 unspecified atom stereocenters. The lowest BCUT2D eigenvalue weighted by molar-refractivity contribution is -0.140. The van der Waals surface area contributed by atoms with Crippen molar-refractivity contribution in [2.75, 3.05) is 38.2 Å². The number of sulfonamides is 1. The smallest absolute Gasteiger partial charge is 0.265 e. The molecule has 4 atom stereocenters. The number of benzene rings is 3. The SMILES string of the molecule is CNCCS(=O)(=O)Nc1cc(F)c2c(c1OCc1ccccc1)C(O)=C1C(=O)[C@]3(O[Si](C)(C)C(C)(C)C)C(=O)c4c(OCc5ccccc5)noc4[C@@H](N(C)C)[C@@H]3C[C@@H]1C2. The van der Waals surface area contributed by atoms with Gasteiger partial charge in [0.05, 0.1) is 23.0 Å². The molecule has 0 radical (unpaired) electrons. The van der Waals surface area contributed by atoms with Crippen LogP contribution in [0, 0.1) is 17.7 Å². The molecule has 1 aromatic heterocycles. The molecule has 0 spiro atoms. The molecule has 13 nitrogen and oxygen atoms in total. The maximum atomic E-state index is 16.5. The highest BCUT2D eigenvalue weighted by Gasteiger charge is 2.69. The number of fused-ring (bicyclic) bond motifs is 4.